The van der Waals surface area contributed by atoms with Crippen LogP contribution in [0.3, 0.4) is 0 Å². The predicted molar refractivity (Wildman–Crippen MR) is 115 cm³/mol. The Bertz CT molecular complexity index is 1010. The molecule has 0 bridgehead atoms. The Morgan fingerprint density at radius 2 is 1.53 bits per heavy atom. The first kappa shape index (κ1) is 19.7. The molecule has 1 atom stereocenters. The largest absolute Gasteiger partial charge is 0.483 e. The van der Waals surface area contributed by atoms with Crippen LogP contribution in [-0.2, 0) is 22.6 Å². The van der Waals surface area contributed by atoms with E-state index in [0.29, 0.717) is 24.4 Å². The molecule has 1 aliphatic heterocycles. The number of rotatable bonds is 6. The molecular formula is C25H24N2O3. The van der Waals surface area contributed by atoms with Gasteiger partial charge in [0, 0.05) is 18.7 Å². The molecule has 2 amide bonds. The molecule has 0 fully saturated rings. The van der Waals surface area contributed by atoms with Crippen molar-refractivity contribution in [2.75, 3.05) is 13.2 Å². The number of carbonyl (C=O) groups excluding carboxylic acids is 2. The van der Waals surface area contributed by atoms with E-state index in [-0.39, 0.29) is 18.4 Å². The number of amides is 2. The van der Waals surface area contributed by atoms with Gasteiger partial charge in [0.05, 0.1) is 0 Å². The lowest BCUT2D eigenvalue weighted by atomic mass is 10.0. The summed E-state index contributed by atoms with van der Waals surface area (Å²) in [7, 11) is 0. The molecule has 5 heteroatoms. The molecule has 3 aromatic rings. The third-order valence-corrected chi connectivity index (χ3v) is 5.20. The minimum absolute atomic E-state index is 0.0857. The number of fused-ring (bicyclic) bond motifs is 1. The summed E-state index contributed by atoms with van der Waals surface area (Å²) in [5, 5.41) is 3.02. The lowest BCUT2D eigenvalue weighted by molar-refractivity contribution is -0.142. The Labute approximate surface area is 176 Å². The van der Waals surface area contributed by atoms with Crippen LogP contribution in [0.1, 0.15) is 22.7 Å². The van der Waals surface area contributed by atoms with Crippen LogP contribution in [0.15, 0.2) is 84.9 Å². The predicted octanol–water partition coefficient (Wildman–Crippen LogP) is 3.51. The summed E-state index contributed by atoms with van der Waals surface area (Å²) in [6.45, 7) is 0.752. The van der Waals surface area contributed by atoms with Crippen molar-refractivity contribution in [3.8, 4) is 5.75 Å². The normalized spacial score (nSPS) is 15.7. The number of benzene rings is 3. The van der Waals surface area contributed by atoms with Gasteiger partial charge in [0.15, 0.2) is 6.61 Å². The van der Waals surface area contributed by atoms with Gasteiger partial charge in [-0.25, -0.2) is 0 Å². The summed E-state index contributed by atoms with van der Waals surface area (Å²) in [5.74, 6) is 0.163. The molecule has 0 radical (unpaired) electrons. The summed E-state index contributed by atoms with van der Waals surface area (Å²) in [4.78, 5) is 27.8. The van der Waals surface area contributed by atoms with Crippen molar-refractivity contribution in [1.29, 1.82) is 0 Å². The highest BCUT2D eigenvalue weighted by Crippen LogP contribution is 2.33. The minimum Gasteiger partial charge on any atom is -0.483 e. The van der Waals surface area contributed by atoms with E-state index in [1.807, 2.05) is 78.9 Å². The molecule has 4 rings (SSSR count). The zero-order valence-corrected chi connectivity index (χ0v) is 16.7. The lowest BCUT2D eigenvalue weighted by Gasteiger charge is -2.29. The molecule has 0 aliphatic carbocycles. The third kappa shape index (κ3) is 4.51. The van der Waals surface area contributed by atoms with Crippen LogP contribution in [0.25, 0.3) is 0 Å². The van der Waals surface area contributed by atoms with Gasteiger partial charge in [-0.3, -0.25) is 9.59 Å². The highest BCUT2D eigenvalue weighted by atomic mass is 16.5. The maximum atomic E-state index is 13.3. The monoisotopic (exact) mass is 400 g/mol. The third-order valence-electron chi connectivity index (χ3n) is 5.20. The molecule has 0 spiro atoms. The molecular weight excluding hydrogens is 376 g/mol. The van der Waals surface area contributed by atoms with Gasteiger partial charge < -0.3 is 15.0 Å². The van der Waals surface area contributed by atoms with Crippen LogP contribution < -0.4 is 10.1 Å². The van der Waals surface area contributed by atoms with Gasteiger partial charge in [-0.2, -0.15) is 0 Å². The molecule has 5 nitrogen and oxygen atoms in total. The Balaban J connectivity index is 1.58. The quantitative estimate of drug-likeness (QED) is 0.689. The van der Waals surface area contributed by atoms with Crippen LogP contribution in [0.5, 0.6) is 5.75 Å². The van der Waals surface area contributed by atoms with Crippen molar-refractivity contribution in [2.45, 2.75) is 19.0 Å². The van der Waals surface area contributed by atoms with E-state index in [2.05, 4.69) is 5.32 Å². The summed E-state index contributed by atoms with van der Waals surface area (Å²) in [6, 6.07) is 26.3. The first-order valence-corrected chi connectivity index (χ1v) is 10.1. The zero-order chi connectivity index (χ0) is 20.8. The lowest BCUT2D eigenvalue weighted by Crippen LogP contribution is -2.44. The fraction of sp³-hybridized carbons (Fsp3) is 0.200. The number of ether oxygens (including phenoxy) is 1. The van der Waals surface area contributed by atoms with Crippen molar-refractivity contribution in [3.63, 3.8) is 0 Å². The molecule has 30 heavy (non-hydrogen) atoms. The van der Waals surface area contributed by atoms with Crippen LogP contribution in [-0.4, -0.2) is 29.9 Å². The van der Waals surface area contributed by atoms with Crippen molar-refractivity contribution >= 4 is 11.8 Å². The zero-order valence-electron chi connectivity index (χ0n) is 16.7. The van der Waals surface area contributed by atoms with Crippen molar-refractivity contribution in [1.82, 2.24) is 10.2 Å². The number of hydrogen-bond acceptors (Lipinski definition) is 3. The summed E-state index contributed by atoms with van der Waals surface area (Å²) < 4.78 is 5.71. The van der Waals surface area contributed by atoms with Crippen molar-refractivity contribution in [3.05, 3.63) is 102 Å². The van der Waals surface area contributed by atoms with Crippen LogP contribution >= 0.6 is 0 Å². The van der Waals surface area contributed by atoms with Crippen molar-refractivity contribution < 1.29 is 14.3 Å². The van der Waals surface area contributed by atoms with Crippen LogP contribution in [0.4, 0.5) is 0 Å². The topological polar surface area (TPSA) is 58.6 Å². The first-order chi connectivity index (χ1) is 14.7. The Morgan fingerprint density at radius 3 is 2.27 bits per heavy atom. The summed E-state index contributed by atoms with van der Waals surface area (Å²) >= 11 is 0. The number of carbonyl (C=O) groups is 2. The van der Waals surface area contributed by atoms with E-state index in [1.54, 1.807) is 11.0 Å². The smallest absolute Gasteiger partial charge is 0.261 e. The van der Waals surface area contributed by atoms with E-state index in [4.69, 9.17) is 4.74 Å². The first-order valence-electron chi connectivity index (χ1n) is 10.1. The molecule has 1 N–H and O–H groups in total. The van der Waals surface area contributed by atoms with Crippen LogP contribution in [0, 0.1) is 0 Å². The second-order valence-electron chi connectivity index (χ2n) is 7.26. The molecule has 1 heterocycles. The second kappa shape index (κ2) is 9.27. The Morgan fingerprint density at radius 1 is 0.900 bits per heavy atom. The molecule has 152 valence electrons. The van der Waals surface area contributed by atoms with E-state index in [1.165, 1.54) is 0 Å². The summed E-state index contributed by atoms with van der Waals surface area (Å²) in [5.41, 5.74) is 2.82. The second-order valence-corrected chi connectivity index (χ2v) is 7.26. The maximum Gasteiger partial charge on any atom is 0.261 e. The fourth-order valence-electron chi connectivity index (χ4n) is 3.69. The van der Waals surface area contributed by atoms with Gasteiger partial charge in [-0.15, -0.1) is 0 Å². The van der Waals surface area contributed by atoms with Crippen molar-refractivity contribution in [2.24, 2.45) is 0 Å². The summed E-state index contributed by atoms with van der Waals surface area (Å²) in [6.07, 6.45) is 0.726. The van der Waals surface area contributed by atoms with Gasteiger partial charge in [0.25, 0.3) is 5.91 Å². The maximum absolute atomic E-state index is 13.3. The fourth-order valence-corrected chi connectivity index (χ4v) is 3.69. The molecule has 1 aliphatic rings. The number of nitrogens with zero attached hydrogens (tertiary/aromatic N) is 1. The highest BCUT2D eigenvalue weighted by Gasteiger charge is 2.36. The van der Waals surface area contributed by atoms with E-state index < -0.39 is 6.04 Å². The molecule has 0 saturated carbocycles. The highest BCUT2D eigenvalue weighted by molar-refractivity contribution is 5.90. The number of para-hydroxylation sites is 1. The van der Waals surface area contributed by atoms with Gasteiger partial charge in [0.2, 0.25) is 5.91 Å². The molecule has 3 aromatic carbocycles. The molecule has 1 unspecified atom stereocenters. The molecule has 0 aromatic heterocycles. The minimum atomic E-state index is -0.743. The Kier molecular flexibility index (Phi) is 6.09. The van der Waals surface area contributed by atoms with E-state index in [9.17, 15) is 9.59 Å². The van der Waals surface area contributed by atoms with Gasteiger partial charge in [-0.1, -0.05) is 78.9 Å². The average Bonchev–Trinajstić information content (AvgIpc) is 2.92. The number of nitrogens with one attached hydrogen (secondary N) is 1. The Hall–Kier alpha value is -3.60. The number of hydrogen-bond donors (Lipinski definition) is 1. The average molecular weight is 400 g/mol. The van der Waals surface area contributed by atoms with Gasteiger partial charge in [0.1, 0.15) is 11.8 Å². The van der Waals surface area contributed by atoms with Gasteiger partial charge in [-0.05, 0) is 23.6 Å². The SMILES string of the molecule is O=C(NCCc1ccccc1)C1c2ccccc2OCC(=O)N1Cc1ccccc1. The van der Waals surface area contributed by atoms with E-state index in [0.717, 1.165) is 17.5 Å². The van der Waals surface area contributed by atoms with Gasteiger partial charge >= 0.3 is 0 Å². The standard InChI is InChI=1S/C25H24N2O3/c28-23-18-30-22-14-8-7-13-21(22)24(27(23)17-20-11-5-2-6-12-20)25(29)26-16-15-19-9-3-1-4-10-19/h1-14,24H,15-18H2,(H,26,29). The van der Waals surface area contributed by atoms with E-state index >= 15 is 0 Å². The van der Waals surface area contributed by atoms with Crippen LogP contribution in [0.2, 0.25) is 0 Å². The molecule has 0 saturated heterocycles.